The number of aromatic nitrogens is 2. The molecule has 1 atom stereocenters. The van der Waals surface area contributed by atoms with Crippen molar-refractivity contribution in [2.75, 3.05) is 0 Å². The molecule has 3 nitrogen and oxygen atoms in total. The molecule has 0 amide bonds. The Morgan fingerprint density at radius 2 is 2.17 bits per heavy atom. The van der Waals surface area contributed by atoms with E-state index in [1.165, 1.54) is 16.0 Å². The molecular formula is C14H17N3S. The minimum absolute atomic E-state index is 0.197. The lowest BCUT2D eigenvalue weighted by Crippen LogP contribution is -2.17. The highest BCUT2D eigenvalue weighted by molar-refractivity contribution is 7.99. The quantitative estimate of drug-likeness (QED) is 0.917. The fourth-order valence-electron chi connectivity index (χ4n) is 1.78. The molecule has 18 heavy (non-hydrogen) atoms. The van der Waals surface area contributed by atoms with Gasteiger partial charge in [0.25, 0.3) is 0 Å². The molecule has 0 aliphatic heterocycles. The zero-order valence-electron chi connectivity index (χ0n) is 10.6. The molecule has 0 bridgehead atoms. The van der Waals surface area contributed by atoms with E-state index in [2.05, 4.69) is 35.1 Å². The van der Waals surface area contributed by atoms with E-state index in [0.717, 1.165) is 11.4 Å². The fourth-order valence-corrected chi connectivity index (χ4v) is 2.58. The smallest absolute Gasteiger partial charge is 0.119 e. The van der Waals surface area contributed by atoms with Crippen molar-refractivity contribution in [1.82, 2.24) is 9.97 Å². The van der Waals surface area contributed by atoms with Crippen molar-refractivity contribution in [3.8, 4) is 0 Å². The normalized spacial score (nSPS) is 12.4. The lowest BCUT2D eigenvalue weighted by atomic mass is 10.1. The molecule has 0 spiro atoms. The van der Waals surface area contributed by atoms with E-state index in [1.54, 1.807) is 30.4 Å². The summed E-state index contributed by atoms with van der Waals surface area (Å²) in [6.45, 7) is 4.14. The molecule has 2 rings (SSSR count). The summed E-state index contributed by atoms with van der Waals surface area (Å²) in [4.78, 5) is 9.55. The second kappa shape index (κ2) is 5.98. The van der Waals surface area contributed by atoms with Crippen LogP contribution in [0.4, 0.5) is 0 Å². The van der Waals surface area contributed by atoms with Crippen molar-refractivity contribution in [2.24, 2.45) is 5.73 Å². The van der Waals surface area contributed by atoms with Gasteiger partial charge in [-0.2, -0.15) is 0 Å². The Balaban J connectivity index is 2.15. The number of rotatable bonds is 4. The van der Waals surface area contributed by atoms with Gasteiger partial charge in [0.1, 0.15) is 5.03 Å². The number of hydrogen-bond donors (Lipinski definition) is 1. The summed E-state index contributed by atoms with van der Waals surface area (Å²) in [6.07, 6.45) is 6.09. The van der Waals surface area contributed by atoms with Crippen LogP contribution in [0.1, 0.15) is 18.1 Å². The lowest BCUT2D eigenvalue weighted by molar-refractivity contribution is 0.737. The third-order valence-corrected chi connectivity index (χ3v) is 3.65. The van der Waals surface area contributed by atoms with Crippen molar-refractivity contribution in [3.05, 3.63) is 47.9 Å². The topological polar surface area (TPSA) is 51.8 Å². The number of nitrogens with two attached hydrogens (primary N) is 1. The van der Waals surface area contributed by atoms with E-state index in [4.69, 9.17) is 5.73 Å². The Kier molecular flexibility index (Phi) is 4.33. The van der Waals surface area contributed by atoms with Gasteiger partial charge in [-0.3, -0.25) is 4.98 Å². The zero-order chi connectivity index (χ0) is 13.0. The van der Waals surface area contributed by atoms with Gasteiger partial charge >= 0.3 is 0 Å². The van der Waals surface area contributed by atoms with E-state index in [0.29, 0.717) is 0 Å². The standard InChI is InChI=1S/C14H17N3S/c1-10-7-12(8-11(2)15)3-4-13(10)18-14-9-16-5-6-17-14/h3-7,9,11H,8,15H2,1-2H3. The molecule has 1 heterocycles. The third-order valence-electron chi connectivity index (χ3n) is 2.55. The van der Waals surface area contributed by atoms with Crippen LogP contribution < -0.4 is 5.73 Å². The molecule has 0 fully saturated rings. The predicted molar refractivity (Wildman–Crippen MR) is 74.7 cm³/mol. The summed E-state index contributed by atoms with van der Waals surface area (Å²) in [7, 11) is 0. The lowest BCUT2D eigenvalue weighted by Gasteiger charge is -2.09. The largest absolute Gasteiger partial charge is 0.328 e. The molecule has 0 aliphatic carbocycles. The molecule has 94 valence electrons. The van der Waals surface area contributed by atoms with Crippen LogP contribution in [-0.2, 0) is 6.42 Å². The highest BCUT2D eigenvalue weighted by Gasteiger charge is 2.05. The van der Waals surface area contributed by atoms with Gasteiger partial charge < -0.3 is 5.73 Å². The van der Waals surface area contributed by atoms with E-state index < -0.39 is 0 Å². The van der Waals surface area contributed by atoms with Gasteiger partial charge in [0.15, 0.2) is 0 Å². The minimum Gasteiger partial charge on any atom is -0.328 e. The van der Waals surface area contributed by atoms with Crippen LogP contribution in [0.25, 0.3) is 0 Å². The Bertz CT molecular complexity index is 512. The maximum Gasteiger partial charge on any atom is 0.119 e. The van der Waals surface area contributed by atoms with Crippen molar-refractivity contribution in [1.29, 1.82) is 0 Å². The molecule has 0 radical (unpaired) electrons. The highest BCUT2D eigenvalue weighted by atomic mass is 32.2. The van der Waals surface area contributed by atoms with E-state index in [1.807, 2.05) is 6.92 Å². The zero-order valence-corrected chi connectivity index (χ0v) is 11.4. The van der Waals surface area contributed by atoms with Gasteiger partial charge in [-0.15, -0.1) is 0 Å². The van der Waals surface area contributed by atoms with Crippen molar-refractivity contribution >= 4 is 11.8 Å². The van der Waals surface area contributed by atoms with Crippen LogP contribution in [0.5, 0.6) is 0 Å². The Morgan fingerprint density at radius 3 is 2.78 bits per heavy atom. The maximum absolute atomic E-state index is 5.81. The molecule has 1 unspecified atom stereocenters. The predicted octanol–water partition coefficient (Wildman–Crippen LogP) is 2.83. The second-order valence-electron chi connectivity index (χ2n) is 4.43. The van der Waals surface area contributed by atoms with Gasteiger partial charge in [-0.05, 0) is 37.5 Å². The molecule has 0 aliphatic rings. The van der Waals surface area contributed by atoms with Crippen LogP contribution in [0.3, 0.4) is 0 Å². The van der Waals surface area contributed by atoms with Crippen LogP contribution in [-0.4, -0.2) is 16.0 Å². The number of hydrogen-bond acceptors (Lipinski definition) is 4. The average molecular weight is 259 g/mol. The second-order valence-corrected chi connectivity index (χ2v) is 5.49. The van der Waals surface area contributed by atoms with Crippen molar-refractivity contribution < 1.29 is 0 Å². The number of aryl methyl sites for hydroxylation is 1. The van der Waals surface area contributed by atoms with Gasteiger partial charge in [0, 0.05) is 23.3 Å². The summed E-state index contributed by atoms with van der Waals surface area (Å²) < 4.78 is 0. The van der Waals surface area contributed by atoms with Gasteiger partial charge in [-0.25, -0.2) is 4.98 Å². The summed E-state index contributed by atoms with van der Waals surface area (Å²) in [6, 6.07) is 6.66. The molecule has 2 N–H and O–H groups in total. The third kappa shape index (κ3) is 3.55. The fraction of sp³-hybridized carbons (Fsp3) is 0.286. The van der Waals surface area contributed by atoms with Gasteiger partial charge in [-0.1, -0.05) is 23.9 Å². The Morgan fingerprint density at radius 1 is 1.33 bits per heavy atom. The van der Waals surface area contributed by atoms with E-state index in [9.17, 15) is 0 Å². The summed E-state index contributed by atoms with van der Waals surface area (Å²) in [5.74, 6) is 0. The Hall–Kier alpha value is -1.39. The first kappa shape index (κ1) is 13.1. The van der Waals surface area contributed by atoms with Crippen LogP contribution in [0.2, 0.25) is 0 Å². The molecular weight excluding hydrogens is 242 g/mol. The monoisotopic (exact) mass is 259 g/mol. The number of benzene rings is 1. The molecule has 0 saturated heterocycles. The first-order valence-corrected chi connectivity index (χ1v) is 6.76. The summed E-state index contributed by atoms with van der Waals surface area (Å²) in [5, 5.41) is 0.917. The maximum atomic E-state index is 5.81. The molecule has 0 saturated carbocycles. The minimum atomic E-state index is 0.197. The SMILES string of the molecule is Cc1cc(CC(C)N)ccc1Sc1cnccn1. The average Bonchev–Trinajstić information content (AvgIpc) is 2.33. The van der Waals surface area contributed by atoms with Crippen LogP contribution in [0, 0.1) is 6.92 Å². The van der Waals surface area contributed by atoms with Gasteiger partial charge in [0.05, 0.1) is 6.20 Å². The van der Waals surface area contributed by atoms with Crippen molar-refractivity contribution in [2.45, 2.75) is 36.2 Å². The molecule has 4 heteroatoms. The van der Waals surface area contributed by atoms with Crippen LogP contribution >= 0.6 is 11.8 Å². The first-order valence-electron chi connectivity index (χ1n) is 5.94. The van der Waals surface area contributed by atoms with Crippen molar-refractivity contribution in [3.63, 3.8) is 0 Å². The van der Waals surface area contributed by atoms with Gasteiger partial charge in [0.2, 0.25) is 0 Å². The van der Waals surface area contributed by atoms with E-state index >= 15 is 0 Å². The first-order chi connectivity index (χ1) is 8.65. The number of nitrogens with zero attached hydrogens (tertiary/aromatic N) is 2. The molecule has 2 aromatic rings. The van der Waals surface area contributed by atoms with Crippen LogP contribution in [0.15, 0.2) is 46.7 Å². The molecule has 1 aromatic carbocycles. The summed E-state index contributed by atoms with van der Waals surface area (Å²) >= 11 is 1.64. The molecule has 1 aromatic heterocycles. The highest BCUT2D eigenvalue weighted by Crippen LogP contribution is 2.28. The summed E-state index contributed by atoms with van der Waals surface area (Å²) in [5.41, 5.74) is 8.35. The van der Waals surface area contributed by atoms with E-state index in [-0.39, 0.29) is 6.04 Å². The Labute approximate surface area is 112 Å².